The predicted molar refractivity (Wildman–Crippen MR) is 70.6 cm³/mol. The lowest BCUT2D eigenvalue weighted by Crippen LogP contribution is -2.37. The summed E-state index contributed by atoms with van der Waals surface area (Å²) in [4.78, 5) is 26.8. The van der Waals surface area contributed by atoms with Crippen LogP contribution in [0.2, 0.25) is 0 Å². The topological polar surface area (TPSA) is 86.9 Å². The summed E-state index contributed by atoms with van der Waals surface area (Å²) >= 11 is 0. The molecule has 7 nitrogen and oxygen atoms in total. The third kappa shape index (κ3) is 3.16. The number of hydrogen-bond acceptors (Lipinski definition) is 5. The lowest BCUT2D eigenvalue weighted by Gasteiger charge is -2.21. The summed E-state index contributed by atoms with van der Waals surface area (Å²) in [6.07, 6.45) is 0.766. The zero-order valence-electron chi connectivity index (χ0n) is 11.8. The summed E-state index contributed by atoms with van der Waals surface area (Å²) in [6, 6.07) is 0. The van der Waals surface area contributed by atoms with Crippen LogP contribution in [-0.4, -0.2) is 64.7 Å². The highest BCUT2D eigenvalue weighted by molar-refractivity contribution is 5.96. The fourth-order valence-corrected chi connectivity index (χ4v) is 2.47. The standard InChI is InChI=1S/C13H19N3O4/c1-9-12(10(2)20-14-9)13(19)16-5-3-4-15(6-7-16)8-11(17)18/h3-8H2,1-2H3,(H,17,18). The predicted octanol–water partition coefficient (Wildman–Crippen LogP) is 0.524. The van der Waals surface area contributed by atoms with Crippen molar-refractivity contribution in [2.45, 2.75) is 20.3 Å². The van der Waals surface area contributed by atoms with Gasteiger partial charge in [-0.15, -0.1) is 0 Å². The molecule has 1 aliphatic rings. The smallest absolute Gasteiger partial charge is 0.317 e. The Balaban J connectivity index is 2.03. The van der Waals surface area contributed by atoms with E-state index in [4.69, 9.17) is 9.63 Å². The van der Waals surface area contributed by atoms with Crippen LogP contribution in [-0.2, 0) is 4.79 Å². The van der Waals surface area contributed by atoms with Crippen molar-refractivity contribution in [3.05, 3.63) is 17.0 Å². The van der Waals surface area contributed by atoms with Crippen LogP contribution in [0.3, 0.4) is 0 Å². The van der Waals surface area contributed by atoms with Gasteiger partial charge in [0.1, 0.15) is 11.3 Å². The van der Waals surface area contributed by atoms with Gasteiger partial charge in [-0.3, -0.25) is 14.5 Å². The van der Waals surface area contributed by atoms with Gasteiger partial charge >= 0.3 is 5.97 Å². The van der Waals surface area contributed by atoms with Gasteiger partial charge in [-0.2, -0.15) is 0 Å². The van der Waals surface area contributed by atoms with Crippen molar-refractivity contribution in [3.8, 4) is 0 Å². The quantitative estimate of drug-likeness (QED) is 0.869. The van der Waals surface area contributed by atoms with Crippen molar-refractivity contribution in [3.63, 3.8) is 0 Å². The lowest BCUT2D eigenvalue weighted by molar-refractivity contribution is -0.138. The normalized spacial score (nSPS) is 17.0. The second-order valence-corrected chi connectivity index (χ2v) is 5.01. The number of aryl methyl sites for hydroxylation is 2. The first-order valence-electron chi connectivity index (χ1n) is 6.65. The van der Waals surface area contributed by atoms with E-state index in [1.54, 1.807) is 18.7 Å². The molecule has 1 fully saturated rings. The Morgan fingerprint density at radius 1 is 1.25 bits per heavy atom. The van der Waals surface area contributed by atoms with E-state index >= 15 is 0 Å². The van der Waals surface area contributed by atoms with E-state index in [-0.39, 0.29) is 12.5 Å². The molecule has 0 atom stereocenters. The number of aliphatic carboxylic acids is 1. The van der Waals surface area contributed by atoms with Crippen molar-refractivity contribution in [2.24, 2.45) is 0 Å². The molecule has 0 unspecified atom stereocenters. The highest BCUT2D eigenvalue weighted by Crippen LogP contribution is 2.16. The highest BCUT2D eigenvalue weighted by Gasteiger charge is 2.25. The molecular formula is C13H19N3O4. The van der Waals surface area contributed by atoms with Crippen molar-refractivity contribution in [2.75, 3.05) is 32.7 Å². The Kier molecular flexibility index (Phi) is 4.39. The fraction of sp³-hybridized carbons (Fsp3) is 0.615. The maximum Gasteiger partial charge on any atom is 0.317 e. The molecule has 1 saturated heterocycles. The van der Waals surface area contributed by atoms with E-state index < -0.39 is 5.97 Å². The number of carbonyl (C=O) groups is 2. The number of carboxylic acids is 1. The summed E-state index contributed by atoms with van der Waals surface area (Å²) in [5.74, 6) is -0.395. The molecule has 1 aliphatic heterocycles. The number of aromatic nitrogens is 1. The summed E-state index contributed by atoms with van der Waals surface area (Å²) < 4.78 is 5.03. The van der Waals surface area contributed by atoms with Gasteiger partial charge in [0.25, 0.3) is 5.91 Å². The second kappa shape index (κ2) is 6.04. The highest BCUT2D eigenvalue weighted by atomic mass is 16.5. The maximum atomic E-state index is 12.5. The minimum absolute atomic E-state index is 0.0212. The molecular weight excluding hydrogens is 262 g/mol. The van der Waals surface area contributed by atoms with E-state index in [9.17, 15) is 9.59 Å². The van der Waals surface area contributed by atoms with E-state index in [0.717, 1.165) is 6.42 Å². The van der Waals surface area contributed by atoms with Gasteiger partial charge in [0, 0.05) is 26.2 Å². The minimum Gasteiger partial charge on any atom is -0.480 e. The molecule has 1 aromatic rings. The van der Waals surface area contributed by atoms with Crippen molar-refractivity contribution >= 4 is 11.9 Å². The Hall–Kier alpha value is -1.89. The van der Waals surface area contributed by atoms with E-state index in [1.165, 1.54) is 0 Å². The SMILES string of the molecule is Cc1noc(C)c1C(=O)N1CCCN(CC(=O)O)CC1. The molecule has 20 heavy (non-hydrogen) atoms. The van der Waals surface area contributed by atoms with Crippen LogP contribution >= 0.6 is 0 Å². The maximum absolute atomic E-state index is 12.5. The van der Waals surface area contributed by atoms with E-state index in [1.807, 2.05) is 4.90 Å². The number of hydrogen-bond donors (Lipinski definition) is 1. The number of carbonyl (C=O) groups excluding carboxylic acids is 1. The molecule has 7 heteroatoms. The molecule has 0 saturated carbocycles. The Morgan fingerprint density at radius 3 is 2.60 bits per heavy atom. The molecule has 0 bridgehead atoms. The van der Waals surface area contributed by atoms with Crippen molar-refractivity contribution in [1.29, 1.82) is 0 Å². The second-order valence-electron chi connectivity index (χ2n) is 5.01. The number of rotatable bonds is 3. The van der Waals surface area contributed by atoms with Crippen LogP contribution in [0, 0.1) is 13.8 Å². The third-order valence-electron chi connectivity index (χ3n) is 3.48. The number of carboxylic acid groups (broad SMARTS) is 1. The zero-order chi connectivity index (χ0) is 14.7. The van der Waals surface area contributed by atoms with Gasteiger partial charge in [0.2, 0.25) is 0 Å². The van der Waals surface area contributed by atoms with Crippen molar-refractivity contribution < 1.29 is 19.2 Å². The van der Waals surface area contributed by atoms with E-state index in [2.05, 4.69) is 5.16 Å². The van der Waals surface area contributed by atoms with Crippen LogP contribution in [0.4, 0.5) is 0 Å². The molecule has 1 N–H and O–H groups in total. The molecule has 1 amide bonds. The van der Waals surface area contributed by atoms with Crippen LogP contribution < -0.4 is 0 Å². The molecule has 0 spiro atoms. The molecule has 2 heterocycles. The first kappa shape index (κ1) is 14.5. The fourth-order valence-electron chi connectivity index (χ4n) is 2.47. The van der Waals surface area contributed by atoms with Crippen LogP contribution in [0.15, 0.2) is 4.52 Å². The molecule has 0 aromatic carbocycles. The average Bonchev–Trinajstić information content (AvgIpc) is 2.60. The average molecular weight is 281 g/mol. The van der Waals surface area contributed by atoms with Gasteiger partial charge < -0.3 is 14.5 Å². The minimum atomic E-state index is -0.837. The third-order valence-corrected chi connectivity index (χ3v) is 3.48. The molecule has 2 rings (SSSR count). The summed E-state index contributed by atoms with van der Waals surface area (Å²) in [5.41, 5.74) is 1.12. The molecule has 1 aromatic heterocycles. The summed E-state index contributed by atoms with van der Waals surface area (Å²) in [7, 11) is 0. The van der Waals surface area contributed by atoms with Gasteiger partial charge in [-0.25, -0.2) is 0 Å². The molecule has 0 radical (unpaired) electrons. The molecule has 110 valence electrons. The van der Waals surface area contributed by atoms with Gasteiger partial charge in [-0.05, 0) is 20.3 Å². The van der Waals surface area contributed by atoms with Gasteiger partial charge in [0.15, 0.2) is 0 Å². The Morgan fingerprint density at radius 2 is 2.00 bits per heavy atom. The lowest BCUT2D eigenvalue weighted by atomic mass is 10.1. The van der Waals surface area contributed by atoms with E-state index in [0.29, 0.717) is 43.2 Å². The van der Waals surface area contributed by atoms with Crippen molar-refractivity contribution in [1.82, 2.24) is 15.0 Å². The Bertz CT molecular complexity index is 492. The van der Waals surface area contributed by atoms with Crippen LogP contribution in [0.1, 0.15) is 28.2 Å². The monoisotopic (exact) mass is 281 g/mol. The van der Waals surface area contributed by atoms with Crippen LogP contribution in [0.25, 0.3) is 0 Å². The number of amides is 1. The van der Waals surface area contributed by atoms with Gasteiger partial charge in [-0.1, -0.05) is 5.16 Å². The summed E-state index contributed by atoms with van der Waals surface area (Å²) in [6.45, 7) is 5.90. The summed E-state index contributed by atoms with van der Waals surface area (Å²) in [5, 5.41) is 12.6. The van der Waals surface area contributed by atoms with Gasteiger partial charge in [0.05, 0.1) is 12.2 Å². The number of nitrogens with zero attached hydrogens (tertiary/aromatic N) is 3. The zero-order valence-corrected chi connectivity index (χ0v) is 11.8. The first-order valence-corrected chi connectivity index (χ1v) is 6.65. The molecule has 0 aliphatic carbocycles. The first-order chi connectivity index (χ1) is 9.49. The largest absolute Gasteiger partial charge is 0.480 e. The Labute approximate surface area is 117 Å². The van der Waals surface area contributed by atoms with Crippen LogP contribution in [0.5, 0.6) is 0 Å².